The lowest BCUT2D eigenvalue weighted by molar-refractivity contribution is -0.162. The monoisotopic (exact) mass is 186 g/mol. The van der Waals surface area contributed by atoms with Crippen LogP contribution in [0.25, 0.3) is 0 Å². The van der Waals surface area contributed by atoms with Crippen molar-refractivity contribution < 1.29 is 23.8 Å². The van der Waals surface area contributed by atoms with Crippen molar-refractivity contribution in [3.8, 4) is 0 Å². The van der Waals surface area contributed by atoms with Crippen LogP contribution in [0.2, 0.25) is 0 Å². The maximum atomic E-state index is 11.2. The average molecular weight is 186 g/mol. The van der Waals surface area contributed by atoms with Crippen LogP contribution in [0.1, 0.15) is 6.42 Å². The Labute approximate surface area is 74.9 Å². The van der Waals surface area contributed by atoms with Crippen LogP contribution in [0.4, 0.5) is 0 Å². The van der Waals surface area contributed by atoms with Crippen molar-refractivity contribution in [1.29, 1.82) is 0 Å². The van der Waals surface area contributed by atoms with Gasteiger partial charge in [0.2, 0.25) is 6.29 Å². The Balaban J connectivity index is 2.16. The maximum Gasteiger partial charge on any atom is 0.323 e. The van der Waals surface area contributed by atoms with Gasteiger partial charge in [-0.15, -0.1) is 0 Å². The molecule has 2 saturated heterocycles. The molecule has 0 aromatic heterocycles. The van der Waals surface area contributed by atoms with Crippen LogP contribution in [0.3, 0.4) is 0 Å². The van der Waals surface area contributed by atoms with Crippen molar-refractivity contribution in [3.63, 3.8) is 0 Å². The van der Waals surface area contributed by atoms with E-state index >= 15 is 0 Å². The van der Waals surface area contributed by atoms with Crippen LogP contribution in [-0.4, -0.2) is 31.9 Å². The molecule has 0 radical (unpaired) electrons. The van der Waals surface area contributed by atoms with Gasteiger partial charge in [0.05, 0.1) is 13.7 Å². The SMILES string of the molecule is COC(=O)[C@@H]1C(=O)O[C@H]2OCC[C@@H]21. The summed E-state index contributed by atoms with van der Waals surface area (Å²) in [7, 11) is 1.26. The average Bonchev–Trinajstić information content (AvgIpc) is 2.62. The number of ether oxygens (including phenoxy) is 3. The number of carbonyl (C=O) groups is 2. The molecule has 2 rings (SSSR count). The molecule has 0 bridgehead atoms. The Morgan fingerprint density at radius 3 is 3.08 bits per heavy atom. The molecule has 0 aliphatic carbocycles. The summed E-state index contributed by atoms with van der Waals surface area (Å²) in [6.07, 6.45) is 0.146. The van der Waals surface area contributed by atoms with Crippen molar-refractivity contribution in [2.45, 2.75) is 12.7 Å². The molecule has 2 aliphatic rings. The highest BCUT2D eigenvalue weighted by molar-refractivity contribution is 5.96. The summed E-state index contributed by atoms with van der Waals surface area (Å²) >= 11 is 0. The van der Waals surface area contributed by atoms with Gasteiger partial charge in [-0.2, -0.15) is 0 Å². The van der Waals surface area contributed by atoms with E-state index in [1.165, 1.54) is 7.11 Å². The molecule has 0 aromatic carbocycles. The molecule has 5 heteroatoms. The van der Waals surface area contributed by atoms with Crippen molar-refractivity contribution >= 4 is 11.9 Å². The molecule has 0 spiro atoms. The zero-order valence-corrected chi connectivity index (χ0v) is 7.19. The number of hydrogen-bond acceptors (Lipinski definition) is 5. The minimum atomic E-state index is -0.780. The number of esters is 2. The molecular formula is C8H10O5. The van der Waals surface area contributed by atoms with E-state index in [9.17, 15) is 9.59 Å². The van der Waals surface area contributed by atoms with Gasteiger partial charge >= 0.3 is 11.9 Å². The zero-order valence-electron chi connectivity index (χ0n) is 7.19. The summed E-state index contributed by atoms with van der Waals surface area (Å²) in [5.74, 6) is -1.98. The van der Waals surface area contributed by atoms with E-state index in [1.807, 2.05) is 0 Å². The number of hydrogen-bond donors (Lipinski definition) is 0. The number of fused-ring (bicyclic) bond motifs is 1. The number of rotatable bonds is 1. The maximum absolute atomic E-state index is 11.2. The summed E-state index contributed by atoms with van der Waals surface area (Å²) in [5.41, 5.74) is 0. The van der Waals surface area contributed by atoms with Gasteiger partial charge in [-0.25, -0.2) is 0 Å². The molecule has 72 valence electrons. The number of methoxy groups -OCH3 is 1. The topological polar surface area (TPSA) is 61.8 Å². The van der Waals surface area contributed by atoms with Crippen LogP contribution in [0, 0.1) is 11.8 Å². The highest BCUT2D eigenvalue weighted by atomic mass is 16.7. The molecule has 0 N–H and O–H groups in total. The zero-order chi connectivity index (χ0) is 9.42. The van der Waals surface area contributed by atoms with Gasteiger partial charge < -0.3 is 14.2 Å². The first kappa shape index (κ1) is 8.50. The second-order valence-electron chi connectivity index (χ2n) is 3.13. The first-order chi connectivity index (χ1) is 6.24. The smallest absolute Gasteiger partial charge is 0.323 e. The molecular weight excluding hydrogens is 176 g/mol. The standard InChI is InChI=1S/C8H10O5/c1-11-6(9)5-4-2-3-12-8(4)13-7(5)10/h4-5,8H,2-3H2,1H3/t4-,5-,8-/m1/s1. The highest BCUT2D eigenvalue weighted by Gasteiger charge is 2.52. The van der Waals surface area contributed by atoms with Gasteiger partial charge in [-0.05, 0) is 6.42 Å². The van der Waals surface area contributed by atoms with Crippen LogP contribution in [0.5, 0.6) is 0 Å². The van der Waals surface area contributed by atoms with Crippen LogP contribution >= 0.6 is 0 Å². The van der Waals surface area contributed by atoms with Gasteiger partial charge in [-0.3, -0.25) is 9.59 Å². The molecule has 0 unspecified atom stereocenters. The molecule has 2 aliphatic heterocycles. The normalized spacial score (nSPS) is 37.0. The van der Waals surface area contributed by atoms with E-state index in [4.69, 9.17) is 9.47 Å². The molecule has 0 aromatic rings. The lowest BCUT2D eigenvalue weighted by Gasteiger charge is -2.08. The Morgan fingerprint density at radius 1 is 1.62 bits per heavy atom. The number of carbonyl (C=O) groups excluding carboxylic acids is 2. The highest BCUT2D eigenvalue weighted by Crippen LogP contribution is 2.36. The summed E-state index contributed by atoms with van der Waals surface area (Å²) in [5, 5.41) is 0. The summed E-state index contributed by atoms with van der Waals surface area (Å²) in [4.78, 5) is 22.4. The third-order valence-electron chi connectivity index (χ3n) is 2.45. The molecule has 0 saturated carbocycles. The van der Waals surface area contributed by atoms with Gasteiger partial charge in [-0.1, -0.05) is 0 Å². The first-order valence-electron chi connectivity index (χ1n) is 4.14. The molecule has 5 nitrogen and oxygen atoms in total. The van der Waals surface area contributed by atoms with E-state index in [0.29, 0.717) is 13.0 Å². The van der Waals surface area contributed by atoms with Gasteiger partial charge in [0.1, 0.15) is 0 Å². The summed E-state index contributed by atoms with van der Waals surface area (Å²) in [6.45, 7) is 0.538. The molecule has 13 heavy (non-hydrogen) atoms. The first-order valence-corrected chi connectivity index (χ1v) is 4.14. The minimum absolute atomic E-state index is 0.153. The Morgan fingerprint density at radius 2 is 2.38 bits per heavy atom. The molecule has 2 heterocycles. The Hall–Kier alpha value is -1.10. The summed E-state index contributed by atoms with van der Waals surface area (Å²) < 4.78 is 14.5. The van der Waals surface area contributed by atoms with Crippen LogP contribution < -0.4 is 0 Å². The van der Waals surface area contributed by atoms with Gasteiger partial charge in [0.25, 0.3) is 0 Å². The molecule has 3 atom stereocenters. The fourth-order valence-corrected chi connectivity index (χ4v) is 1.79. The van der Waals surface area contributed by atoms with E-state index < -0.39 is 24.1 Å². The van der Waals surface area contributed by atoms with Crippen molar-refractivity contribution in [2.75, 3.05) is 13.7 Å². The largest absolute Gasteiger partial charge is 0.468 e. The van der Waals surface area contributed by atoms with Crippen molar-refractivity contribution in [1.82, 2.24) is 0 Å². The van der Waals surface area contributed by atoms with Crippen LogP contribution in [0.15, 0.2) is 0 Å². The Bertz CT molecular complexity index is 241. The van der Waals surface area contributed by atoms with Gasteiger partial charge in [0, 0.05) is 5.92 Å². The third kappa shape index (κ3) is 1.19. The quantitative estimate of drug-likeness (QED) is 0.415. The minimum Gasteiger partial charge on any atom is -0.468 e. The molecule has 2 fully saturated rings. The summed E-state index contributed by atoms with van der Waals surface area (Å²) in [6, 6.07) is 0. The predicted molar refractivity (Wildman–Crippen MR) is 39.4 cm³/mol. The van der Waals surface area contributed by atoms with E-state index in [2.05, 4.69) is 4.74 Å². The van der Waals surface area contributed by atoms with E-state index in [1.54, 1.807) is 0 Å². The predicted octanol–water partition coefficient (Wildman–Crippen LogP) is -0.305. The van der Waals surface area contributed by atoms with E-state index in [-0.39, 0.29) is 5.92 Å². The lowest BCUT2D eigenvalue weighted by atomic mass is 9.93. The fraction of sp³-hybridized carbons (Fsp3) is 0.750. The van der Waals surface area contributed by atoms with Gasteiger partial charge in [0.15, 0.2) is 5.92 Å². The van der Waals surface area contributed by atoms with Crippen LogP contribution in [-0.2, 0) is 23.8 Å². The molecule has 0 amide bonds. The third-order valence-corrected chi connectivity index (χ3v) is 2.45. The van der Waals surface area contributed by atoms with E-state index in [0.717, 1.165) is 0 Å². The fourth-order valence-electron chi connectivity index (χ4n) is 1.79. The second kappa shape index (κ2) is 2.99. The second-order valence-corrected chi connectivity index (χ2v) is 3.13. The van der Waals surface area contributed by atoms with Crippen molar-refractivity contribution in [2.24, 2.45) is 11.8 Å². The lowest BCUT2D eigenvalue weighted by Crippen LogP contribution is -2.26. The van der Waals surface area contributed by atoms with Crippen molar-refractivity contribution in [3.05, 3.63) is 0 Å². The Kier molecular flexibility index (Phi) is 1.95.